The van der Waals surface area contributed by atoms with Crippen LogP contribution in [0.25, 0.3) is 0 Å². The van der Waals surface area contributed by atoms with Crippen LogP contribution < -0.4 is 5.73 Å². The molecule has 3 atom stereocenters. The molecule has 0 aromatic rings. The fourth-order valence-electron chi connectivity index (χ4n) is 1.04. The molecule has 13 heavy (non-hydrogen) atoms. The molecule has 0 aromatic carbocycles. The van der Waals surface area contributed by atoms with Gasteiger partial charge in [-0.25, -0.2) is 0 Å². The third kappa shape index (κ3) is 1.97. The van der Waals surface area contributed by atoms with Gasteiger partial charge in [0.1, 0.15) is 12.2 Å². The van der Waals surface area contributed by atoms with Gasteiger partial charge in [-0.3, -0.25) is 5.41 Å². The first-order chi connectivity index (χ1) is 6.06. The molecule has 6 heteroatoms. The van der Waals surface area contributed by atoms with Crippen LogP contribution in [0.5, 0.6) is 0 Å². The van der Waals surface area contributed by atoms with E-state index in [4.69, 9.17) is 21.0 Å². The van der Waals surface area contributed by atoms with Gasteiger partial charge in [0.25, 0.3) is 0 Å². The van der Waals surface area contributed by atoms with Crippen molar-refractivity contribution in [2.24, 2.45) is 5.73 Å². The van der Waals surface area contributed by atoms with Gasteiger partial charge in [0.2, 0.25) is 0 Å². The lowest BCUT2D eigenvalue weighted by atomic mass is 10.0. The van der Waals surface area contributed by atoms with Gasteiger partial charge in [-0.15, -0.1) is 0 Å². The van der Waals surface area contributed by atoms with Crippen LogP contribution in [-0.2, 0) is 4.74 Å². The predicted octanol–water partition coefficient (Wildman–Crippen LogP) is -2.08. The summed E-state index contributed by atoms with van der Waals surface area (Å²) in [4.78, 5) is 0. The first-order valence-electron chi connectivity index (χ1n) is 3.76. The monoisotopic (exact) mass is 188 g/mol. The first kappa shape index (κ1) is 9.97. The summed E-state index contributed by atoms with van der Waals surface area (Å²) in [6, 6.07) is 0. The fourth-order valence-corrected chi connectivity index (χ4v) is 1.04. The Bertz CT molecular complexity index is 241. The van der Waals surface area contributed by atoms with Crippen LogP contribution >= 0.6 is 0 Å². The molecule has 3 unspecified atom stereocenters. The normalized spacial score (nSPS) is 33.5. The number of nitrogens with two attached hydrogens (primary N) is 1. The second-order valence-corrected chi connectivity index (χ2v) is 2.76. The molecule has 0 radical (unpaired) electrons. The second-order valence-electron chi connectivity index (χ2n) is 2.76. The van der Waals surface area contributed by atoms with Crippen LogP contribution in [0.3, 0.4) is 0 Å². The molecule has 0 bridgehead atoms. The summed E-state index contributed by atoms with van der Waals surface area (Å²) in [5.74, 6) is -0.360. The third-order valence-electron chi connectivity index (χ3n) is 1.78. The lowest BCUT2D eigenvalue weighted by Gasteiger charge is -2.30. The lowest BCUT2D eigenvalue weighted by molar-refractivity contribution is -0.0860. The Morgan fingerprint density at radius 3 is 2.69 bits per heavy atom. The number of hydrogen-bond acceptors (Lipinski definition) is 5. The van der Waals surface area contributed by atoms with Gasteiger partial charge in [0, 0.05) is 0 Å². The van der Waals surface area contributed by atoms with Crippen LogP contribution in [0.2, 0.25) is 0 Å². The van der Waals surface area contributed by atoms with Crippen molar-refractivity contribution in [2.75, 3.05) is 6.61 Å². The lowest BCUT2D eigenvalue weighted by Crippen LogP contribution is -2.45. The molecule has 0 saturated heterocycles. The fraction of sp³-hybridized carbons (Fsp3) is 0.571. The summed E-state index contributed by atoms with van der Waals surface area (Å²) in [5.41, 5.74) is 5.11. The highest BCUT2D eigenvalue weighted by molar-refractivity contribution is 5.92. The van der Waals surface area contributed by atoms with Gasteiger partial charge in [0.15, 0.2) is 17.7 Å². The maximum Gasteiger partial charge on any atom is 0.160 e. The highest BCUT2D eigenvalue weighted by atomic mass is 16.5. The van der Waals surface area contributed by atoms with E-state index in [1.165, 1.54) is 0 Å². The Morgan fingerprint density at radius 1 is 1.62 bits per heavy atom. The van der Waals surface area contributed by atoms with Gasteiger partial charge >= 0.3 is 0 Å². The van der Waals surface area contributed by atoms with Crippen molar-refractivity contribution in [3.8, 4) is 0 Å². The maximum atomic E-state index is 9.25. The van der Waals surface area contributed by atoms with E-state index < -0.39 is 24.9 Å². The van der Waals surface area contributed by atoms with E-state index in [1.807, 2.05) is 0 Å². The topological polar surface area (TPSA) is 120 Å². The zero-order valence-corrected chi connectivity index (χ0v) is 6.84. The van der Waals surface area contributed by atoms with E-state index >= 15 is 0 Å². The Labute approximate surface area is 74.8 Å². The van der Waals surface area contributed by atoms with E-state index in [-0.39, 0.29) is 11.6 Å². The molecule has 0 aromatic heterocycles. The summed E-state index contributed by atoms with van der Waals surface area (Å²) < 4.78 is 4.93. The molecule has 1 aliphatic heterocycles. The van der Waals surface area contributed by atoms with Crippen LogP contribution in [0.15, 0.2) is 11.8 Å². The van der Waals surface area contributed by atoms with Crippen molar-refractivity contribution in [2.45, 2.75) is 18.3 Å². The van der Waals surface area contributed by atoms with Crippen LogP contribution in [0, 0.1) is 5.41 Å². The smallest absolute Gasteiger partial charge is 0.160 e. The standard InChI is InChI=1S/C7H12N2O4/c8-7(9)4-1-3(11)6(12)5(2-10)13-4/h1,3,5-6,10-12H,2H2,(H3,8,9). The Kier molecular flexibility index (Phi) is 2.86. The van der Waals surface area contributed by atoms with Crippen molar-refractivity contribution in [1.29, 1.82) is 5.41 Å². The molecule has 0 amide bonds. The highest BCUT2D eigenvalue weighted by Gasteiger charge is 2.32. The van der Waals surface area contributed by atoms with Crippen molar-refractivity contribution in [3.63, 3.8) is 0 Å². The summed E-state index contributed by atoms with van der Waals surface area (Å²) in [6.07, 6.45) is -2.14. The second kappa shape index (κ2) is 3.73. The van der Waals surface area contributed by atoms with Crippen molar-refractivity contribution in [3.05, 3.63) is 11.8 Å². The average Bonchev–Trinajstić information content (AvgIpc) is 2.09. The zero-order chi connectivity index (χ0) is 10.0. The number of rotatable bonds is 2. The van der Waals surface area contributed by atoms with E-state index in [2.05, 4.69) is 0 Å². The summed E-state index contributed by atoms with van der Waals surface area (Å²) in [5, 5.41) is 34.2. The molecular weight excluding hydrogens is 176 g/mol. The van der Waals surface area contributed by atoms with Crippen molar-refractivity contribution in [1.82, 2.24) is 0 Å². The summed E-state index contributed by atoms with van der Waals surface area (Å²) >= 11 is 0. The Balaban J connectivity index is 2.81. The molecule has 1 rings (SSSR count). The van der Waals surface area contributed by atoms with Gasteiger partial charge in [-0.05, 0) is 6.08 Å². The third-order valence-corrected chi connectivity index (χ3v) is 1.78. The largest absolute Gasteiger partial charge is 0.482 e. The number of amidine groups is 1. The molecule has 6 nitrogen and oxygen atoms in total. The Morgan fingerprint density at radius 2 is 2.23 bits per heavy atom. The molecule has 6 N–H and O–H groups in total. The van der Waals surface area contributed by atoms with Crippen LogP contribution in [-0.4, -0.2) is 46.1 Å². The molecule has 1 aliphatic rings. The van der Waals surface area contributed by atoms with Crippen molar-refractivity contribution >= 4 is 5.84 Å². The van der Waals surface area contributed by atoms with Gasteiger partial charge in [-0.1, -0.05) is 0 Å². The van der Waals surface area contributed by atoms with Crippen molar-refractivity contribution < 1.29 is 20.1 Å². The quantitative estimate of drug-likeness (QED) is 0.251. The molecule has 0 fully saturated rings. The van der Waals surface area contributed by atoms with Gasteiger partial charge in [0.05, 0.1) is 6.61 Å². The van der Waals surface area contributed by atoms with Gasteiger partial charge < -0.3 is 25.8 Å². The van der Waals surface area contributed by atoms with E-state index in [1.54, 1.807) is 0 Å². The summed E-state index contributed by atoms with van der Waals surface area (Å²) in [7, 11) is 0. The minimum atomic E-state index is -1.19. The van der Waals surface area contributed by atoms with E-state index in [9.17, 15) is 10.2 Å². The maximum absolute atomic E-state index is 9.25. The molecule has 74 valence electrons. The van der Waals surface area contributed by atoms with E-state index in [0.29, 0.717) is 0 Å². The molecule has 0 aliphatic carbocycles. The molecular formula is C7H12N2O4. The predicted molar refractivity (Wildman–Crippen MR) is 44.0 cm³/mol. The number of hydrogen-bond donors (Lipinski definition) is 5. The number of aliphatic hydroxyl groups is 3. The average molecular weight is 188 g/mol. The Hall–Kier alpha value is -1.11. The number of ether oxygens (including phenoxy) is 1. The zero-order valence-electron chi connectivity index (χ0n) is 6.84. The molecule has 1 heterocycles. The van der Waals surface area contributed by atoms with Crippen LogP contribution in [0.4, 0.5) is 0 Å². The van der Waals surface area contributed by atoms with E-state index in [0.717, 1.165) is 6.08 Å². The minimum Gasteiger partial charge on any atom is -0.482 e. The molecule has 0 spiro atoms. The molecule has 0 saturated carbocycles. The van der Waals surface area contributed by atoms with Gasteiger partial charge in [-0.2, -0.15) is 0 Å². The summed E-state index contributed by atoms with van der Waals surface area (Å²) in [6.45, 7) is -0.442. The minimum absolute atomic E-state index is 0.0168. The highest BCUT2D eigenvalue weighted by Crippen LogP contribution is 2.17. The number of nitrogens with one attached hydrogen (secondary N) is 1. The first-order valence-corrected chi connectivity index (χ1v) is 3.76. The number of aliphatic hydroxyl groups excluding tert-OH is 3. The SMILES string of the molecule is N=C(N)C1=CC(O)C(O)C(CO)O1. The van der Waals surface area contributed by atoms with Crippen LogP contribution in [0.1, 0.15) is 0 Å².